The molecule has 22 heavy (non-hydrogen) atoms. The molecule has 7 nitrogen and oxygen atoms in total. The fourth-order valence-electron chi connectivity index (χ4n) is 2.92. The number of hydrogen-bond acceptors (Lipinski definition) is 4. The van der Waals surface area contributed by atoms with Crippen molar-refractivity contribution >= 4 is 17.6 Å². The first-order valence-electron chi connectivity index (χ1n) is 7.09. The minimum Gasteiger partial charge on any atom is -0.481 e. The summed E-state index contributed by atoms with van der Waals surface area (Å²) in [6.07, 6.45) is 0.399. The summed E-state index contributed by atoms with van der Waals surface area (Å²) in [4.78, 5) is 35.7. The van der Waals surface area contributed by atoms with Crippen LogP contribution in [0.25, 0.3) is 0 Å². The number of carbonyl (C=O) groups excluding carboxylic acids is 1. The molecule has 118 valence electrons. The van der Waals surface area contributed by atoms with E-state index in [9.17, 15) is 19.7 Å². The van der Waals surface area contributed by atoms with E-state index in [1.54, 1.807) is 24.8 Å². The molecule has 1 aromatic carbocycles. The number of likely N-dealkylation sites (tertiary alicyclic amines) is 1. The zero-order chi connectivity index (χ0) is 16.4. The van der Waals surface area contributed by atoms with Crippen LogP contribution < -0.4 is 0 Å². The molecule has 0 saturated carbocycles. The Kier molecular flexibility index (Phi) is 4.44. The Morgan fingerprint density at radius 3 is 2.64 bits per heavy atom. The van der Waals surface area contributed by atoms with E-state index in [-0.39, 0.29) is 17.5 Å². The second-order valence-electron chi connectivity index (χ2n) is 5.67. The summed E-state index contributed by atoms with van der Waals surface area (Å²) in [6, 6.07) is 4.43. The number of rotatable bonds is 3. The third-order valence-electron chi connectivity index (χ3n) is 4.24. The van der Waals surface area contributed by atoms with Crippen LogP contribution in [0, 0.1) is 28.9 Å². The predicted molar refractivity (Wildman–Crippen MR) is 78.6 cm³/mol. The van der Waals surface area contributed by atoms with E-state index in [0.29, 0.717) is 30.6 Å². The maximum Gasteiger partial charge on any atom is 0.306 e. The molecule has 1 saturated heterocycles. The number of piperidine rings is 1. The summed E-state index contributed by atoms with van der Waals surface area (Å²) in [5.74, 6) is -1.72. The first-order chi connectivity index (χ1) is 10.3. The van der Waals surface area contributed by atoms with Gasteiger partial charge in [-0.1, -0.05) is 13.0 Å². The fraction of sp³-hybridized carbons (Fsp3) is 0.467. The van der Waals surface area contributed by atoms with Crippen molar-refractivity contribution in [2.24, 2.45) is 11.8 Å². The maximum atomic E-state index is 12.6. The van der Waals surface area contributed by atoms with Crippen LogP contribution in [0.15, 0.2) is 18.2 Å². The van der Waals surface area contributed by atoms with Crippen LogP contribution in [-0.2, 0) is 4.79 Å². The zero-order valence-electron chi connectivity index (χ0n) is 12.5. The summed E-state index contributed by atoms with van der Waals surface area (Å²) in [7, 11) is 0. The molecule has 1 aliphatic rings. The molecule has 0 spiro atoms. The van der Waals surface area contributed by atoms with E-state index in [0.717, 1.165) is 0 Å². The molecule has 1 fully saturated rings. The van der Waals surface area contributed by atoms with Gasteiger partial charge in [-0.15, -0.1) is 0 Å². The Morgan fingerprint density at radius 2 is 2.09 bits per heavy atom. The Morgan fingerprint density at radius 1 is 1.41 bits per heavy atom. The molecular formula is C15H18N2O5. The standard InChI is InChI=1S/C15H18N2O5/c1-9-8-16(7-6-11(9)15(19)20)14(18)12-4-3-5-13(10(12)2)17(21)22/h3-5,9,11H,6-8H2,1-2H3,(H,19,20). The average Bonchev–Trinajstić information content (AvgIpc) is 2.46. The maximum absolute atomic E-state index is 12.6. The van der Waals surface area contributed by atoms with E-state index in [4.69, 9.17) is 5.11 Å². The van der Waals surface area contributed by atoms with Gasteiger partial charge in [0.25, 0.3) is 11.6 Å². The molecule has 0 aromatic heterocycles. The van der Waals surface area contributed by atoms with E-state index in [2.05, 4.69) is 0 Å². The molecule has 1 aliphatic heterocycles. The molecule has 2 rings (SSSR count). The van der Waals surface area contributed by atoms with Crippen molar-refractivity contribution < 1.29 is 19.6 Å². The highest BCUT2D eigenvalue weighted by Crippen LogP contribution is 2.27. The number of carbonyl (C=O) groups is 2. The molecule has 1 aromatic rings. The van der Waals surface area contributed by atoms with Crippen molar-refractivity contribution in [2.75, 3.05) is 13.1 Å². The van der Waals surface area contributed by atoms with Crippen LogP contribution in [0.3, 0.4) is 0 Å². The Hall–Kier alpha value is -2.44. The summed E-state index contributed by atoms with van der Waals surface area (Å²) < 4.78 is 0. The Balaban J connectivity index is 2.22. The number of carboxylic acid groups (broad SMARTS) is 1. The van der Waals surface area contributed by atoms with Gasteiger partial charge in [0.15, 0.2) is 0 Å². The Labute approximate surface area is 127 Å². The monoisotopic (exact) mass is 306 g/mol. The average molecular weight is 306 g/mol. The lowest BCUT2D eigenvalue weighted by molar-refractivity contribution is -0.385. The number of aliphatic carboxylic acids is 1. The molecule has 0 aliphatic carbocycles. The van der Waals surface area contributed by atoms with Gasteiger partial charge >= 0.3 is 5.97 Å². The van der Waals surface area contributed by atoms with Gasteiger partial charge < -0.3 is 10.0 Å². The van der Waals surface area contributed by atoms with Crippen molar-refractivity contribution in [3.63, 3.8) is 0 Å². The summed E-state index contributed by atoms with van der Waals surface area (Å²) in [5, 5.41) is 20.1. The van der Waals surface area contributed by atoms with Gasteiger partial charge in [-0.25, -0.2) is 0 Å². The third kappa shape index (κ3) is 2.93. The number of nitrogens with zero attached hydrogens (tertiary/aromatic N) is 2. The number of nitro groups is 1. The number of benzene rings is 1. The smallest absolute Gasteiger partial charge is 0.306 e. The van der Waals surface area contributed by atoms with Gasteiger partial charge in [0.2, 0.25) is 0 Å². The van der Waals surface area contributed by atoms with Crippen LogP contribution in [0.4, 0.5) is 5.69 Å². The lowest BCUT2D eigenvalue weighted by Gasteiger charge is -2.35. The van der Waals surface area contributed by atoms with E-state index in [1.807, 2.05) is 0 Å². The zero-order valence-corrected chi connectivity index (χ0v) is 12.5. The van der Waals surface area contributed by atoms with Gasteiger partial charge in [-0.3, -0.25) is 19.7 Å². The highest BCUT2D eigenvalue weighted by atomic mass is 16.6. The van der Waals surface area contributed by atoms with E-state index >= 15 is 0 Å². The predicted octanol–water partition coefficient (Wildman–Crippen LogP) is 2.09. The molecule has 1 amide bonds. The van der Waals surface area contributed by atoms with E-state index < -0.39 is 16.8 Å². The van der Waals surface area contributed by atoms with Gasteiger partial charge in [0.1, 0.15) is 0 Å². The first-order valence-corrected chi connectivity index (χ1v) is 7.09. The SMILES string of the molecule is Cc1c(C(=O)N2CCC(C(=O)O)C(C)C2)cccc1[N+](=O)[O-]. The Bertz CT molecular complexity index is 628. The van der Waals surface area contributed by atoms with Crippen molar-refractivity contribution in [1.29, 1.82) is 0 Å². The third-order valence-corrected chi connectivity index (χ3v) is 4.24. The number of carboxylic acids is 1. The van der Waals surface area contributed by atoms with Crippen molar-refractivity contribution in [3.05, 3.63) is 39.4 Å². The van der Waals surface area contributed by atoms with Gasteiger partial charge in [-0.2, -0.15) is 0 Å². The summed E-state index contributed by atoms with van der Waals surface area (Å²) in [5.41, 5.74) is 0.556. The first kappa shape index (κ1) is 15.9. The molecule has 2 unspecified atom stereocenters. The molecule has 0 bridgehead atoms. The lowest BCUT2D eigenvalue weighted by Crippen LogP contribution is -2.45. The highest BCUT2D eigenvalue weighted by Gasteiger charge is 2.34. The van der Waals surface area contributed by atoms with Crippen LogP contribution in [-0.4, -0.2) is 39.9 Å². The molecule has 2 atom stereocenters. The fourth-order valence-corrected chi connectivity index (χ4v) is 2.92. The normalized spacial score (nSPS) is 21.5. The van der Waals surface area contributed by atoms with Gasteiger partial charge in [0, 0.05) is 30.3 Å². The minimum atomic E-state index is -0.842. The number of amides is 1. The lowest BCUT2D eigenvalue weighted by atomic mass is 9.86. The van der Waals surface area contributed by atoms with Crippen LogP contribution in [0.2, 0.25) is 0 Å². The van der Waals surface area contributed by atoms with Crippen molar-refractivity contribution in [1.82, 2.24) is 4.90 Å². The second-order valence-corrected chi connectivity index (χ2v) is 5.67. The quantitative estimate of drug-likeness (QED) is 0.680. The summed E-state index contributed by atoms with van der Waals surface area (Å²) >= 11 is 0. The van der Waals surface area contributed by atoms with Crippen molar-refractivity contribution in [2.45, 2.75) is 20.3 Å². The van der Waals surface area contributed by atoms with Crippen LogP contribution in [0.1, 0.15) is 29.3 Å². The largest absolute Gasteiger partial charge is 0.481 e. The van der Waals surface area contributed by atoms with Crippen LogP contribution in [0.5, 0.6) is 0 Å². The molecule has 0 radical (unpaired) electrons. The van der Waals surface area contributed by atoms with Gasteiger partial charge in [-0.05, 0) is 25.3 Å². The molecule has 7 heteroatoms. The van der Waals surface area contributed by atoms with Gasteiger partial charge in [0.05, 0.1) is 10.8 Å². The highest BCUT2D eigenvalue weighted by molar-refractivity contribution is 5.96. The van der Waals surface area contributed by atoms with Crippen LogP contribution >= 0.6 is 0 Å². The molecular weight excluding hydrogens is 288 g/mol. The second kappa shape index (κ2) is 6.13. The minimum absolute atomic E-state index is 0.0840. The molecule has 1 N–H and O–H groups in total. The van der Waals surface area contributed by atoms with Crippen molar-refractivity contribution in [3.8, 4) is 0 Å². The number of nitro benzene ring substituents is 1. The molecule has 1 heterocycles. The number of hydrogen-bond donors (Lipinski definition) is 1. The topological polar surface area (TPSA) is 101 Å². The summed E-state index contributed by atoms with van der Waals surface area (Å²) in [6.45, 7) is 4.05. The van der Waals surface area contributed by atoms with E-state index in [1.165, 1.54) is 12.1 Å².